The number of likely N-dealkylation sites (tertiary alicyclic amines) is 1. The number of aromatic nitrogens is 1. The van der Waals surface area contributed by atoms with Crippen LogP contribution in [0.5, 0.6) is 0 Å². The Hall–Kier alpha value is -1.28. The second-order valence-corrected chi connectivity index (χ2v) is 4.80. The lowest BCUT2D eigenvalue weighted by molar-refractivity contribution is 0.284. The standard InChI is InChI=1S/C14H18N2/c1-15-9-4-6-13(15)11-16-10-8-12-5-2-3-7-14(12)16/h2-3,5,7-8,10,13H,4,6,9,11H2,1H3/t13-/m1/s1. The number of benzene rings is 1. The predicted octanol–water partition coefficient (Wildman–Crippen LogP) is 2.74. The molecule has 0 radical (unpaired) electrons. The largest absolute Gasteiger partial charge is 0.346 e. The van der Waals surface area contributed by atoms with E-state index in [1.807, 2.05) is 0 Å². The zero-order valence-electron chi connectivity index (χ0n) is 9.76. The third kappa shape index (κ3) is 1.63. The summed E-state index contributed by atoms with van der Waals surface area (Å²) in [6.07, 6.45) is 4.90. The normalized spacial score (nSPS) is 21.9. The van der Waals surface area contributed by atoms with Crippen LogP contribution in [0.1, 0.15) is 12.8 Å². The first-order valence-corrected chi connectivity index (χ1v) is 6.09. The van der Waals surface area contributed by atoms with Gasteiger partial charge in [0.05, 0.1) is 0 Å². The van der Waals surface area contributed by atoms with E-state index in [9.17, 15) is 0 Å². The van der Waals surface area contributed by atoms with Gasteiger partial charge in [0.25, 0.3) is 0 Å². The van der Waals surface area contributed by atoms with E-state index in [0.717, 1.165) is 12.6 Å². The van der Waals surface area contributed by atoms with Crippen molar-refractivity contribution in [2.75, 3.05) is 13.6 Å². The highest BCUT2D eigenvalue weighted by atomic mass is 15.2. The Balaban J connectivity index is 1.89. The van der Waals surface area contributed by atoms with Crippen LogP contribution in [-0.2, 0) is 6.54 Å². The molecule has 0 amide bonds. The summed E-state index contributed by atoms with van der Waals surface area (Å²) in [7, 11) is 2.24. The molecule has 0 bridgehead atoms. The maximum Gasteiger partial charge on any atom is 0.0480 e. The lowest BCUT2D eigenvalue weighted by Gasteiger charge is -2.20. The smallest absolute Gasteiger partial charge is 0.0480 e. The van der Waals surface area contributed by atoms with Gasteiger partial charge < -0.3 is 9.47 Å². The molecule has 1 aliphatic heterocycles. The van der Waals surface area contributed by atoms with Crippen LogP contribution in [0.4, 0.5) is 0 Å². The molecule has 0 N–H and O–H groups in total. The van der Waals surface area contributed by atoms with Crippen molar-refractivity contribution in [3.8, 4) is 0 Å². The summed E-state index contributed by atoms with van der Waals surface area (Å²) in [5.74, 6) is 0. The highest BCUT2D eigenvalue weighted by molar-refractivity contribution is 5.79. The number of fused-ring (bicyclic) bond motifs is 1. The van der Waals surface area contributed by atoms with Crippen LogP contribution in [0.3, 0.4) is 0 Å². The van der Waals surface area contributed by atoms with Crippen LogP contribution in [-0.4, -0.2) is 29.1 Å². The van der Waals surface area contributed by atoms with Gasteiger partial charge in [-0.15, -0.1) is 0 Å². The van der Waals surface area contributed by atoms with E-state index < -0.39 is 0 Å². The molecule has 1 fully saturated rings. The van der Waals surface area contributed by atoms with Gasteiger partial charge >= 0.3 is 0 Å². The fourth-order valence-electron chi connectivity index (χ4n) is 2.74. The number of hydrogen-bond acceptors (Lipinski definition) is 1. The van der Waals surface area contributed by atoms with Crippen molar-refractivity contribution in [1.82, 2.24) is 9.47 Å². The van der Waals surface area contributed by atoms with Gasteiger partial charge in [-0.2, -0.15) is 0 Å². The van der Waals surface area contributed by atoms with Gasteiger partial charge in [0.1, 0.15) is 0 Å². The molecule has 3 rings (SSSR count). The Labute approximate surface area is 96.5 Å². The van der Waals surface area contributed by atoms with Crippen LogP contribution >= 0.6 is 0 Å². The molecule has 16 heavy (non-hydrogen) atoms. The van der Waals surface area contributed by atoms with Crippen molar-refractivity contribution in [2.24, 2.45) is 0 Å². The average Bonchev–Trinajstić information content (AvgIpc) is 2.88. The van der Waals surface area contributed by atoms with Gasteiger partial charge in [0.2, 0.25) is 0 Å². The maximum absolute atomic E-state index is 2.48. The number of hydrogen-bond donors (Lipinski definition) is 0. The summed E-state index contributed by atoms with van der Waals surface area (Å²) in [4.78, 5) is 2.48. The molecule has 0 saturated carbocycles. The van der Waals surface area contributed by atoms with Crippen molar-refractivity contribution in [3.63, 3.8) is 0 Å². The topological polar surface area (TPSA) is 8.17 Å². The summed E-state index contributed by atoms with van der Waals surface area (Å²) >= 11 is 0. The van der Waals surface area contributed by atoms with Crippen LogP contribution in [0.15, 0.2) is 36.5 Å². The molecular weight excluding hydrogens is 196 g/mol. The summed E-state index contributed by atoms with van der Waals surface area (Å²) < 4.78 is 2.39. The SMILES string of the molecule is CN1CCC[C@@H]1Cn1ccc2ccccc21. The summed E-state index contributed by atoms with van der Waals surface area (Å²) in [5.41, 5.74) is 1.36. The highest BCUT2D eigenvalue weighted by Gasteiger charge is 2.21. The number of rotatable bonds is 2. The molecular formula is C14H18N2. The fourth-order valence-corrected chi connectivity index (χ4v) is 2.74. The molecule has 1 aromatic heterocycles. The van der Waals surface area contributed by atoms with Crippen molar-refractivity contribution in [2.45, 2.75) is 25.4 Å². The van der Waals surface area contributed by atoms with Gasteiger partial charge in [-0.25, -0.2) is 0 Å². The van der Waals surface area contributed by atoms with Crippen LogP contribution < -0.4 is 0 Å². The zero-order chi connectivity index (χ0) is 11.0. The third-order valence-corrected chi connectivity index (χ3v) is 3.76. The molecule has 0 unspecified atom stereocenters. The van der Waals surface area contributed by atoms with Crippen molar-refractivity contribution >= 4 is 10.9 Å². The first-order valence-electron chi connectivity index (χ1n) is 6.09. The molecule has 1 atom stereocenters. The first kappa shape index (κ1) is 9.91. The summed E-state index contributed by atoms with van der Waals surface area (Å²) in [6, 6.07) is 11.6. The molecule has 2 heterocycles. The minimum absolute atomic E-state index is 0.718. The number of para-hydroxylation sites is 1. The fraction of sp³-hybridized carbons (Fsp3) is 0.429. The monoisotopic (exact) mass is 214 g/mol. The lowest BCUT2D eigenvalue weighted by atomic mass is 10.2. The number of likely N-dealkylation sites (N-methyl/N-ethyl adjacent to an activating group) is 1. The van der Waals surface area contributed by atoms with E-state index in [1.165, 1.54) is 30.3 Å². The Morgan fingerprint density at radius 2 is 2.12 bits per heavy atom. The number of nitrogens with zero attached hydrogens (tertiary/aromatic N) is 2. The Morgan fingerprint density at radius 3 is 2.94 bits per heavy atom. The van der Waals surface area contributed by atoms with Gasteiger partial charge in [-0.3, -0.25) is 0 Å². The Morgan fingerprint density at radius 1 is 1.25 bits per heavy atom. The van der Waals surface area contributed by atoms with Gasteiger partial charge in [-0.1, -0.05) is 18.2 Å². The molecule has 0 aliphatic carbocycles. The van der Waals surface area contributed by atoms with Crippen molar-refractivity contribution in [1.29, 1.82) is 0 Å². The summed E-state index contributed by atoms with van der Waals surface area (Å²) in [6.45, 7) is 2.38. The van der Waals surface area contributed by atoms with Crippen molar-refractivity contribution in [3.05, 3.63) is 36.5 Å². The van der Waals surface area contributed by atoms with Gasteiger partial charge in [0, 0.05) is 24.3 Å². The molecule has 1 aliphatic rings. The molecule has 1 saturated heterocycles. The Kier molecular flexibility index (Phi) is 2.44. The molecule has 0 spiro atoms. The average molecular weight is 214 g/mol. The van der Waals surface area contributed by atoms with Crippen LogP contribution in [0.25, 0.3) is 10.9 Å². The second kappa shape index (κ2) is 3.95. The van der Waals surface area contributed by atoms with Crippen molar-refractivity contribution < 1.29 is 0 Å². The van der Waals surface area contributed by atoms with E-state index in [1.54, 1.807) is 0 Å². The predicted molar refractivity (Wildman–Crippen MR) is 67.6 cm³/mol. The maximum atomic E-state index is 2.48. The molecule has 2 aromatic rings. The highest BCUT2D eigenvalue weighted by Crippen LogP contribution is 2.20. The van der Waals surface area contributed by atoms with E-state index in [-0.39, 0.29) is 0 Å². The molecule has 2 heteroatoms. The molecule has 84 valence electrons. The van der Waals surface area contributed by atoms with Crippen LogP contribution in [0.2, 0.25) is 0 Å². The molecule has 2 nitrogen and oxygen atoms in total. The zero-order valence-corrected chi connectivity index (χ0v) is 9.76. The third-order valence-electron chi connectivity index (χ3n) is 3.76. The second-order valence-electron chi connectivity index (χ2n) is 4.80. The van der Waals surface area contributed by atoms with Gasteiger partial charge in [0.15, 0.2) is 0 Å². The minimum Gasteiger partial charge on any atom is -0.346 e. The quantitative estimate of drug-likeness (QED) is 0.746. The lowest BCUT2D eigenvalue weighted by Crippen LogP contribution is -2.28. The van der Waals surface area contributed by atoms with E-state index in [0.29, 0.717) is 0 Å². The van der Waals surface area contributed by atoms with Crippen LogP contribution in [0, 0.1) is 0 Å². The van der Waals surface area contributed by atoms with E-state index in [2.05, 4.69) is 53.0 Å². The first-order chi connectivity index (χ1) is 7.84. The Bertz CT molecular complexity index is 486. The van der Waals surface area contributed by atoms with E-state index in [4.69, 9.17) is 0 Å². The summed E-state index contributed by atoms with van der Waals surface area (Å²) in [5, 5.41) is 1.35. The van der Waals surface area contributed by atoms with Gasteiger partial charge in [-0.05, 0) is 44.0 Å². The van der Waals surface area contributed by atoms with E-state index >= 15 is 0 Å². The minimum atomic E-state index is 0.718. The molecule has 1 aromatic carbocycles.